The number of benzene rings is 1. The fraction of sp³-hybridized carbons (Fsp3) is 0.400. The summed E-state index contributed by atoms with van der Waals surface area (Å²) in [5, 5.41) is 3.03. The molecule has 1 fully saturated rings. The molecule has 1 aliphatic rings. The fourth-order valence-corrected chi connectivity index (χ4v) is 1.56. The number of halogens is 2. The molecule has 0 aromatic heterocycles. The Morgan fingerprint density at radius 1 is 1.43 bits per heavy atom. The van der Waals surface area contributed by atoms with Crippen molar-refractivity contribution in [1.82, 2.24) is 5.32 Å². The van der Waals surface area contributed by atoms with Crippen molar-refractivity contribution in [3.05, 3.63) is 35.4 Å². The van der Waals surface area contributed by atoms with Gasteiger partial charge in [-0.1, -0.05) is 6.07 Å². The molecule has 4 heteroatoms. The van der Waals surface area contributed by atoms with Gasteiger partial charge in [-0.05, 0) is 13.0 Å². The van der Waals surface area contributed by atoms with E-state index < -0.39 is 11.6 Å². The van der Waals surface area contributed by atoms with Crippen LogP contribution >= 0.6 is 0 Å². The Kier molecular flexibility index (Phi) is 2.48. The second kappa shape index (κ2) is 3.63. The minimum atomic E-state index is -0.565. The van der Waals surface area contributed by atoms with Crippen molar-refractivity contribution < 1.29 is 13.5 Å². The van der Waals surface area contributed by atoms with E-state index in [1.165, 1.54) is 12.1 Å². The predicted octanol–water partition coefficient (Wildman–Crippen LogP) is 1.97. The molecule has 2 unspecified atom stereocenters. The maximum Gasteiger partial charge on any atom is 0.131 e. The van der Waals surface area contributed by atoms with Gasteiger partial charge in [0.1, 0.15) is 17.9 Å². The van der Waals surface area contributed by atoms with Crippen LogP contribution in [0.15, 0.2) is 18.2 Å². The Labute approximate surface area is 80.9 Å². The van der Waals surface area contributed by atoms with Gasteiger partial charge >= 0.3 is 0 Å². The number of ether oxygens (including phenoxy) is 1. The van der Waals surface area contributed by atoms with Crippen LogP contribution in [0.3, 0.4) is 0 Å². The van der Waals surface area contributed by atoms with Gasteiger partial charge in [0, 0.05) is 18.2 Å². The Morgan fingerprint density at radius 3 is 2.79 bits per heavy atom. The number of rotatable bonds is 1. The Morgan fingerprint density at radius 2 is 2.21 bits per heavy atom. The molecule has 0 spiro atoms. The molecular formula is C10H11F2NO. The molecule has 2 nitrogen and oxygen atoms in total. The first-order valence-electron chi connectivity index (χ1n) is 4.50. The van der Waals surface area contributed by atoms with E-state index in [2.05, 4.69) is 5.32 Å². The number of hydrogen-bond acceptors (Lipinski definition) is 2. The Bertz CT molecular complexity index is 343. The summed E-state index contributed by atoms with van der Waals surface area (Å²) in [4.78, 5) is 0. The van der Waals surface area contributed by atoms with Crippen LogP contribution in [0.5, 0.6) is 0 Å². The molecule has 2 atom stereocenters. The maximum absolute atomic E-state index is 13.3. The van der Waals surface area contributed by atoms with Gasteiger partial charge < -0.3 is 4.74 Å². The molecule has 0 radical (unpaired) electrons. The van der Waals surface area contributed by atoms with Gasteiger partial charge in [-0.25, -0.2) is 8.78 Å². The van der Waals surface area contributed by atoms with E-state index in [4.69, 9.17) is 4.74 Å². The summed E-state index contributed by atoms with van der Waals surface area (Å²) < 4.78 is 31.3. The van der Waals surface area contributed by atoms with Gasteiger partial charge in [-0.15, -0.1) is 0 Å². The standard InChI is InChI=1S/C10H11F2NO/c1-6-13-5-10(14-6)8-3-2-7(11)4-9(8)12/h2-4,6,10,13H,5H2,1H3. The zero-order chi connectivity index (χ0) is 10.1. The van der Waals surface area contributed by atoms with Crippen LogP contribution in [-0.2, 0) is 4.74 Å². The molecule has 1 aliphatic heterocycles. The minimum absolute atomic E-state index is 0.0792. The summed E-state index contributed by atoms with van der Waals surface area (Å²) >= 11 is 0. The van der Waals surface area contributed by atoms with Crippen LogP contribution in [-0.4, -0.2) is 12.8 Å². The van der Waals surface area contributed by atoms with Crippen molar-refractivity contribution in [3.8, 4) is 0 Å². The van der Waals surface area contributed by atoms with Crippen molar-refractivity contribution in [2.75, 3.05) is 6.54 Å². The number of nitrogens with one attached hydrogen (secondary N) is 1. The van der Waals surface area contributed by atoms with Gasteiger partial charge in [-0.2, -0.15) is 0 Å². The van der Waals surface area contributed by atoms with Crippen LogP contribution in [0.4, 0.5) is 8.78 Å². The normalized spacial score (nSPS) is 26.8. The fourth-order valence-electron chi connectivity index (χ4n) is 1.56. The highest BCUT2D eigenvalue weighted by atomic mass is 19.1. The minimum Gasteiger partial charge on any atom is -0.354 e. The largest absolute Gasteiger partial charge is 0.354 e. The molecule has 76 valence electrons. The summed E-state index contributed by atoms with van der Waals surface area (Å²) in [7, 11) is 0. The first-order chi connectivity index (χ1) is 6.66. The van der Waals surface area contributed by atoms with Crippen molar-refractivity contribution in [3.63, 3.8) is 0 Å². The Hall–Kier alpha value is -1.00. The second-order valence-electron chi connectivity index (χ2n) is 3.34. The van der Waals surface area contributed by atoms with Crippen LogP contribution in [0.1, 0.15) is 18.6 Å². The van der Waals surface area contributed by atoms with E-state index >= 15 is 0 Å². The molecule has 2 rings (SSSR count). The van der Waals surface area contributed by atoms with E-state index in [1.807, 2.05) is 6.92 Å². The van der Waals surface area contributed by atoms with Gasteiger partial charge in [0.05, 0.1) is 6.10 Å². The summed E-state index contributed by atoms with van der Waals surface area (Å²) in [6.45, 7) is 2.41. The lowest BCUT2D eigenvalue weighted by molar-refractivity contribution is 0.0509. The molecule has 1 aromatic rings. The molecule has 1 heterocycles. The summed E-state index contributed by atoms with van der Waals surface area (Å²) in [6.07, 6.45) is -0.393. The zero-order valence-electron chi connectivity index (χ0n) is 7.76. The SMILES string of the molecule is CC1NCC(c2ccc(F)cc2F)O1. The lowest BCUT2D eigenvalue weighted by Crippen LogP contribution is -2.17. The van der Waals surface area contributed by atoms with Crippen molar-refractivity contribution in [2.45, 2.75) is 19.3 Å². The predicted molar refractivity (Wildman–Crippen MR) is 47.6 cm³/mol. The molecular weight excluding hydrogens is 188 g/mol. The van der Waals surface area contributed by atoms with Crippen LogP contribution < -0.4 is 5.32 Å². The number of hydrogen-bond donors (Lipinski definition) is 1. The van der Waals surface area contributed by atoms with E-state index in [9.17, 15) is 8.78 Å². The van der Waals surface area contributed by atoms with Crippen LogP contribution in [0.2, 0.25) is 0 Å². The highest BCUT2D eigenvalue weighted by molar-refractivity contribution is 5.22. The third-order valence-corrected chi connectivity index (χ3v) is 2.27. The second-order valence-corrected chi connectivity index (χ2v) is 3.34. The molecule has 0 amide bonds. The summed E-state index contributed by atoms with van der Waals surface area (Å²) in [6, 6.07) is 3.54. The van der Waals surface area contributed by atoms with E-state index in [-0.39, 0.29) is 12.3 Å². The Balaban J connectivity index is 2.24. The van der Waals surface area contributed by atoms with Gasteiger partial charge in [0.15, 0.2) is 0 Å². The van der Waals surface area contributed by atoms with E-state index in [0.717, 1.165) is 6.07 Å². The smallest absolute Gasteiger partial charge is 0.131 e. The quantitative estimate of drug-likeness (QED) is 0.746. The molecule has 0 saturated carbocycles. The van der Waals surface area contributed by atoms with E-state index in [0.29, 0.717) is 12.1 Å². The third kappa shape index (κ3) is 1.76. The average molecular weight is 199 g/mol. The molecule has 1 aromatic carbocycles. The molecule has 14 heavy (non-hydrogen) atoms. The topological polar surface area (TPSA) is 21.3 Å². The lowest BCUT2D eigenvalue weighted by atomic mass is 10.1. The van der Waals surface area contributed by atoms with Gasteiger partial charge in [-0.3, -0.25) is 5.32 Å². The molecule has 1 N–H and O–H groups in total. The van der Waals surface area contributed by atoms with Crippen molar-refractivity contribution in [2.24, 2.45) is 0 Å². The molecule has 0 bridgehead atoms. The molecule has 0 aliphatic carbocycles. The molecule has 1 saturated heterocycles. The summed E-state index contributed by atoms with van der Waals surface area (Å²) in [5.41, 5.74) is 0.406. The van der Waals surface area contributed by atoms with Gasteiger partial charge in [0.25, 0.3) is 0 Å². The average Bonchev–Trinajstić information content (AvgIpc) is 2.51. The highest BCUT2D eigenvalue weighted by Crippen LogP contribution is 2.25. The third-order valence-electron chi connectivity index (χ3n) is 2.27. The zero-order valence-corrected chi connectivity index (χ0v) is 7.76. The lowest BCUT2D eigenvalue weighted by Gasteiger charge is -2.10. The highest BCUT2D eigenvalue weighted by Gasteiger charge is 2.25. The van der Waals surface area contributed by atoms with Gasteiger partial charge in [0.2, 0.25) is 0 Å². The first kappa shape index (κ1) is 9.55. The van der Waals surface area contributed by atoms with Crippen LogP contribution in [0, 0.1) is 11.6 Å². The van der Waals surface area contributed by atoms with Crippen molar-refractivity contribution >= 4 is 0 Å². The maximum atomic E-state index is 13.3. The summed E-state index contributed by atoms with van der Waals surface area (Å²) in [5.74, 6) is -1.11. The monoisotopic (exact) mass is 199 g/mol. The van der Waals surface area contributed by atoms with Crippen molar-refractivity contribution in [1.29, 1.82) is 0 Å². The first-order valence-corrected chi connectivity index (χ1v) is 4.50. The van der Waals surface area contributed by atoms with Crippen LogP contribution in [0.25, 0.3) is 0 Å². The van der Waals surface area contributed by atoms with E-state index in [1.54, 1.807) is 0 Å².